The lowest BCUT2D eigenvalue weighted by Crippen LogP contribution is -2.33. The molecule has 0 bridgehead atoms. The fourth-order valence-electron chi connectivity index (χ4n) is 2.27. The van der Waals surface area contributed by atoms with Crippen LogP contribution in [0.3, 0.4) is 0 Å². The van der Waals surface area contributed by atoms with Gasteiger partial charge < -0.3 is 5.32 Å². The summed E-state index contributed by atoms with van der Waals surface area (Å²) in [5.41, 5.74) is -0.164. The highest BCUT2D eigenvalue weighted by Crippen LogP contribution is 2.39. The van der Waals surface area contributed by atoms with Crippen LogP contribution in [0.2, 0.25) is 0 Å². The molecule has 1 N–H and O–H groups in total. The van der Waals surface area contributed by atoms with Crippen LogP contribution < -0.4 is 5.32 Å². The van der Waals surface area contributed by atoms with Gasteiger partial charge in [0.15, 0.2) is 0 Å². The van der Waals surface area contributed by atoms with Crippen molar-refractivity contribution < 1.29 is 13.2 Å². The van der Waals surface area contributed by atoms with Gasteiger partial charge in [0.2, 0.25) is 0 Å². The maximum atomic E-state index is 13.1. The van der Waals surface area contributed by atoms with Crippen LogP contribution in [-0.2, 0) is 6.18 Å². The fraction of sp³-hybridized carbons (Fsp3) is 0.538. The Hall–Kier alpha value is -0.330. The summed E-state index contributed by atoms with van der Waals surface area (Å²) in [4.78, 5) is 0. The molecule has 1 aliphatic rings. The van der Waals surface area contributed by atoms with Crippen LogP contribution in [0.15, 0.2) is 24.3 Å². The van der Waals surface area contributed by atoms with Gasteiger partial charge in [-0.25, -0.2) is 0 Å². The molecular weight excluding hydrogens is 291 g/mol. The van der Waals surface area contributed by atoms with E-state index in [1.807, 2.05) is 11.8 Å². The number of halogens is 3. The second-order valence-electron chi connectivity index (χ2n) is 4.34. The van der Waals surface area contributed by atoms with E-state index in [1.165, 1.54) is 12.1 Å². The molecule has 1 aliphatic heterocycles. The van der Waals surface area contributed by atoms with Crippen molar-refractivity contribution in [2.75, 3.05) is 24.3 Å². The van der Waals surface area contributed by atoms with Crippen LogP contribution in [-0.4, -0.2) is 29.6 Å². The third kappa shape index (κ3) is 3.61. The Morgan fingerprint density at radius 3 is 2.58 bits per heavy atom. The quantitative estimate of drug-likeness (QED) is 0.912. The van der Waals surface area contributed by atoms with E-state index in [9.17, 15) is 13.2 Å². The number of nitrogens with one attached hydrogen (secondary N) is 1. The van der Waals surface area contributed by atoms with E-state index in [1.54, 1.807) is 30.9 Å². The number of thioether (sulfide) groups is 2. The molecule has 0 radical (unpaired) electrons. The standard InChI is InChI=1S/C13H16F3NS2/c1-17-12(11-8-18-6-7-19-11)9-4-2-3-5-10(9)13(14,15)16/h2-5,11-12,17H,6-8H2,1H3. The number of hydrogen-bond donors (Lipinski definition) is 1. The Kier molecular flexibility index (Phi) is 5.09. The Labute approximate surface area is 119 Å². The van der Waals surface area contributed by atoms with E-state index in [-0.39, 0.29) is 11.3 Å². The zero-order chi connectivity index (χ0) is 13.9. The number of benzene rings is 1. The minimum atomic E-state index is -4.29. The van der Waals surface area contributed by atoms with Crippen LogP contribution in [0, 0.1) is 0 Å². The van der Waals surface area contributed by atoms with E-state index < -0.39 is 11.7 Å². The summed E-state index contributed by atoms with van der Waals surface area (Å²) in [5.74, 6) is 2.97. The first kappa shape index (κ1) is 15.1. The summed E-state index contributed by atoms with van der Waals surface area (Å²) in [5, 5.41) is 3.25. The van der Waals surface area contributed by atoms with Gasteiger partial charge in [-0.05, 0) is 18.7 Å². The molecule has 2 rings (SSSR count). The Morgan fingerprint density at radius 1 is 1.26 bits per heavy atom. The maximum Gasteiger partial charge on any atom is 0.416 e. The molecule has 19 heavy (non-hydrogen) atoms. The molecule has 0 aromatic heterocycles. The highest BCUT2D eigenvalue weighted by Gasteiger charge is 2.36. The van der Waals surface area contributed by atoms with Crippen molar-refractivity contribution in [1.82, 2.24) is 5.32 Å². The topological polar surface area (TPSA) is 12.0 Å². The van der Waals surface area contributed by atoms with Crippen molar-refractivity contribution in [1.29, 1.82) is 0 Å². The minimum absolute atomic E-state index is 0.187. The number of rotatable bonds is 3. The molecule has 1 aromatic carbocycles. The number of hydrogen-bond acceptors (Lipinski definition) is 3. The Balaban J connectivity index is 2.32. The smallest absolute Gasteiger partial charge is 0.312 e. The first-order valence-corrected chi connectivity index (χ1v) is 8.27. The van der Waals surface area contributed by atoms with E-state index in [0.29, 0.717) is 5.56 Å². The second-order valence-corrected chi connectivity index (χ2v) is 6.83. The zero-order valence-corrected chi connectivity index (χ0v) is 12.2. The molecule has 0 saturated carbocycles. The normalized spacial score (nSPS) is 22.2. The van der Waals surface area contributed by atoms with Gasteiger partial charge in [-0.15, -0.1) is 0 Å². The molecule has 6 heteroatoms. The Bertz CT molecular complexity index is 417. The maximum absolute atomic E-state index is 13.1. The SMILES string of the molecule is CNC(c1ccccc1C(F)(F)F)C1CSCCS1. The summed E-state index contributed by atoms with van der Waals surface area (Å²) in [6.45, 7) is 0. The predicted octanol–water partition coefficient (Wildman–Crippen LogP) is 3.81. The van der Waals surface area contributed by atoms with Crippen LogP contribution in [0.25, 0.3) is 0 Å². The van der Waals surface area contributed by atoms with Gasteiger partial charge in [0.05, 0.1) is 5.56 Å². The van der Waals surface area contributed by atoms with Crippen molar-refractivity contribution in [3.8, 4) is 0 Å². The summed E-state index contributed by atoms with van der Waals surface area (Å²) in [6.07, 6.45) is -4.29. The molecule has 2 unspecified atom stereocenters. The highest BCUT2D eigenvalue weighted by atomic mass is 32.2. The lowest BCUT2D eigenvalue weighted by molar-refractivity contribution is -0.138. The predicted molar refractivity (Wildman–Crippen MR) is 76.8 cm³/mol. The average Bonchev–Trinajstić information content (AvgIpc) is 2.40. The van der Waals surface area contributed by atoms with Crippen molar-refractivity contribution in [3.63, 3.8) is 0 Å². The molecule has 1 saturated heterocycles. The van der Waals surface area contributed by atoms with E-state index in [0.717, 1.165) is 17.3 Å². The molecule has 106 valence electrons. The highest BCUT2D eigenvalue weighted by molar-refractivity contribution is 8.06. The van der Waals surface area contributed by atoms with Crippen LogP contribution in [0.1, 0.15) is 17.2 Å². The van der Waals surface area contributed by atoms with Crippen LogP contribution in [0.5, 0.6) is 0 Å². The summed E-state index contributed by atoms with van der Waals surface area (Å²) < 4.78 is 39.2. The van der Waals surface area contributed by atoms with E-state index in [2.05, 4.69) is 5.32 Å². The molecule has 1 fully saturated rings. The molecule has 2 atom stereocenters. The van der Waals surface area contributed by atoms with Gasteiger partial charge >= 0.3 is 6.18 Å². The van der Waals surface area contributed by atoms with Crippen molar-refractivity contribution in [2.45, 2.75) is 17.5 Å². The molecule has 1 heterocycles. The van der Waals surface area contributed by atoms with Gasteiger partial charge in [-0.1, -0.05) is 18.2 Å². The van der Waals surface area contributed by atoms with Gasteiger partial charge in [0.25, 0.3) is 0 Å². The molecule has 0 amide bonds. The molecule has 0 aliphatic carbocycles. The van der Waals surface area contributed by atoms with E-state index >= 15 is 0 Å². The van der Waals surface area contributed by atoms with Gasteiger partial charge in [-0.2, -0.15) is 36.7 Å². The number of alkyl halides is 3. The lowest BCUT2D eigenvalue weighted by atomic mass is 9.98. The molecule has 1 aromatic rings. The van der Waals surface area contributed by atoms with E-state index in [4.69, 9.17) is 0 Å². The molecule has 0 spiro atoms. The van der Waals surface area contributed by atoms with Gasteiger partial charge in [-0.3, -0.25) is 0 Å². The minimum Gasteiger partial charge on any atom is -0.312 e. The molecular formula is C13H16F3NS2. The van der Waals surface area contributed by atoms with Gasteiger partial charge in [0.1, 0.15) is 0 Å². The van der Waals surface area contributed by atoms with Gasteiger partial charge in [0, 0.05) is 28.6 Å². The van der Waals surface area contributed by atoms with Crippen molar-refractivity contribution in [2.24, 2.45) is 0 Å². The van der Waals surface area contributed by atoms with Crippen LogP contribution in [0.4, 0.5) is 13.2 Å². The summed E-state index contributed by atoms with van der Waals surface area (Å²) in [6, 6.07) is 5.62. The third-order valence-corrected chi connectivity index (χ3v) is 5.99. The summed E-state index contributed by atoms with van der Waals surface area (Å²) in [7, 11) is 1.73. The fourth-order valence-corrected chi connectivity index (χ4v) is 5.17. The summed E-state index contributed by atoms with van der Waals surface area (Å²) >= 11 is 3.57. The van der Waals surface area contributed by atoms with Crippen LogP contribution >= 0.6 is 23.5 Å². The Morgan fingerprint density at radius 2 is 2.00 bits per heavy atom. The van der Waals surface area contributed by atoms with Crippen molar-refractivity contribution in [3.05, 3.63) is 35.4 Å². The largest absolute Gasteiger partial charge is 0.416 e. The monoisotopic (exact) mass is 307 g/mol. The first-order chi connectivity index (χ1) is 9.04. The third-order valence-electron chi connectivity index (χ3n) is 3.13. The van der Waals surface area contributed by atoms with Crippen molar-refractivity contribution >= 4 is 23.5 Å². The first-order valence-electron chi connectivity index (χ1n) is 6.06. The molecule has 1 nitrogen and oxygen atoms in total. The second kappa shape index (κ2) is 6.41. The lowest BCUT2D eigenvalue weighted by Gasteiger charge is -2.31. The average molecular weight is 307 g/mol. The zero-order valence-electron chi connectivity index (χ0n) is 10.5.